The average Bonchev–Trinajstić information content (AvgIpc) is 3.08. The first-order chi connectivity index (χ1) is 9.61. The highest BCUT2D eigenvalue weighted by molar-refractivity contribution is 6.15. The molecular formula is C17H16O3. The second kappa shape index (κ2) is 5.00. The molecule has 2 aromatic heterocycles. The van der Waals surface area contributed by atoms with Crippen molar-refractivity contribution in [2.24, 2.45) is 0 Å². The maximum absolute atomic E-state index is 12.3. The van der Waals surface area contributed by atoms with Gasteiger partial charge in [-0.2, -0.15) is 0 Å². The van der Waals surface area contributed by atoms with Gasteiger partial charge in [0.25, 0.3) is 0 Å². The first kappa shape index (κ1) is 12.7. The molecule has 3 nitrogen and oxygen atoms in total. The Kier molecular flexibility index (Phi) is 3.18. The van der Waals surface area contributed by atoms with Crippen molar-refractivity contribution in [2.45, 2.75) is 26.7 Å². The predicted octanol–water partition coefficient (Wildman–Crippen LogP) is 4.32. The molecule has 0 N–H and O–H groups in total. The Labute approximate surface area is 117 Å². The third-order valence-electron chi connectivity index (χ3n) is 3.40. The van der Waals surface area contributed by atoms with Crippen molar-refractivity contribution in [3.05, 3.63) is 58.5 Å². The molecule has 102 valence electrons. The summed E-state index contributed by atoms with van der Waals surface area (Å²) in [4.78, 5) is 12.3. The maximum Gasteiger partial charge on any atom is 0.185 e. The van der Waals surface area contributed by atoms with Crippen LogP contribution in [0.2, 0.25) is 0 Å². The van der Waals surface area contributed by atoms with E-state index in [0.29, 0.717) is 0 Å². The Morgan fingerprint density at radius 2 is 1.30 bits per heavy atom. The lowest BCUT2D eigenvalue weighted by Crippen LogP contribution is -1.95. The summed E-state index contributed by atoms with van der Waals surface area (Å²) in [6, 6.07) is 7.56. The maximum atomic E-state index is 12.3. The molecule has 0 unspecified atom stereocenters. The van der Waals surface area contributed by atoms with E-state index >= 15 is 0 Å². The minimum absolute atomic E-state index is 0.0908. The monoisotopic (exact) mass is 268 g/mol. The van der Waals surface area contributed by atoms with Gasteiger partial charge in [0.15, 0.2) is 5.78 Å². The van der Waals surface area contributed by atoms with Crippen LogP contribution in [-0.4, -0.2) is 5.78 Å². The van der Waals surface area contributed by atoms with Gasteiger partial charge < -0.3 is 8.83 Å². The summed E-state index contributed by atoms with van der Waals surface area (Å²) in [6.45, 7) is 3.78. The summed E-state index contributed by atoms with van der Waals surface area (Å²) < 4.78 is 11.0. The van der Waals surface area contributed by atoms with E-state index in [1.807, 2.05) is 50.3 Å². The zero-order valence-corrected chi connectivity index (χ0v) is 11.6. The summed E-state index contributed by atoms with van der Waals surface area (Å²) in [5, 5.41) is 0. The molecule has 1 saturated carbocycles. The van der Waals surface area contributed by atoms with Crippen LogP contribution >= 0.6 is 0 Å². The van der Waals surface area contributed by atoms with Gasteiger partial charge >= 0.3 is 0 Å². The van der Waals surface area contributed by atoms with Gasteiger partial charge in [0.05, 0.1) is 0 Å². The van der Waals surface area contributed by atoms with E-state index in [-0.39, 0.29) is 5.78 Å². The smallest absolute Gasteiger partial charge is 0.185 e. The zero-order valence-electron chi connectivity index (χ0n) is 11.6. The molecule has 2 heterocycles. The Balaban J connectivity index is 1.84. The fourth-order valence-corrected chi connectivity index (χ4v) is 2.38. The minimum Gasteiger partial charge on any atom is -0.462 e. The zero-order chi connectivity index (χ0) is 14.1. The molecule has 0 aromatic carbocycles. The highest BCUT2D eigenvalue weighted by atomic mass is 16.3. The van der Waals surface area contributed by atoms with Crippen molar-refractivity contribution in [3.63, 3.8) is 0 Å². The number of carbonyl (C=O) groups is 1. The number of aryl methyl sites for hydroxylation is 2. The lowest BCUT2D eigenvalue weighted by atomic mass is 10.1. The quantitative estimate of drug-likeness (QED) is 0.762. The first-order valence-electron chi connectivity index (χ1n) is 6.70. The number of rotatable bonds is 2. The summed E-state index contributed by atoms with van der Waals surface area (Å²) in [6.07, 6.45) is 5.18. The van der Waals surface area contributed by atoms with Gasteiger partial charge in [0, 0.05) is 11.1 Å². The average molecular weight is 268 g/mol. The molecule has 0 radical (unpaired) electrons. The van der Waals surface area contributed by atoms with Crippen LogP contribution in [0.1, 0.15) is 35.9 Å². The minimum atomic E-state index is 0.0908. The van der Waals surface area contributed by atoms with Crippen LogP contribution in [0.5, 0.6) is 0 Å². The predicted molar refractivity (Wildman–Crippen MR) is 77.1 cm³/mol. The molecule has 0 aliphatic heterocycles. The van der Waals surface area contributed by atoms with E-state index in [9.17, 15) is 4.79 Å². The Hall–Kier alpha value is -2.29. The summed E-state index contributed by atoms with van der Waals surface area (Å²) >= 11 is 0. The number of Topliss-reactive ketones (excluding diaryl/α,β-unsaturated/α-hetero) is 1. The highest BCUT2D eigenvalue weighted by Gasteiger charge is 2.23. The third kappa shape index (κ3) is 2.52. The topological polar surface area (TPSA) is 43.4 Å². The van der Waals surface area contributed by atoms with Crippen molar-refractivity contribution in [1.82, 2.24) is 0 Å². The molecule has 3 rings (SSSR count). The second-order valence-corrected chi connectivity index (χ2v) is 5.07. The molecule has 0 amide bonds. The number of carbonyl (C=O) groups excluding carboxylic acids is 1. The molecular weight excluding hydrogens is 252 g/mol. The van der Waals surface area contributed by atoms with Gasteiger partial charge in [-0.05, 0) is 63.1 Å². The number of furan rings is 2. The van der Waals surface area contributed by atoms with Gasteiger partial charge in [-0.3, -0.25) is 4.79 Å². The van der Waals surface area contributed by atoms with Gasteiger partial charge in [0.2, 0.25) is 0 Å². The Morgan fingerprint density at radius 1 is 0.850 bits per heavy atom. The van der Waals surface area contributed by atoms with Gasteiger partial charge in [-0.15, -0.1) is 0 Å². The third-order valence-corrected chi connectivity index (χ3v) is 3.40. The molecule has 3 heteroatoms. The normalized spacial score (nSPS) is 19.4. The van der Waals surface area contributed by atoms with E-state index in [1.54, 1.807) is 0 Å². The van der Waals surface area contributed by atoms with Crippen molar-refractivity contribution in [3.8, 4) is 0 Å². The van der Waals surface area contributed by atoms with Crippen molar-refractivity contribution >= 4 is 17.9 Å². The summed E-state index contributed by atoms with van der Waals surface area (Å²) in [5.74, 6) is 3.27. The molecule has 1 aliphatic rings. The fourth-order valence-electron chi connectivity index (χ4n) is 2.38. The fraction of sp³-hybridized carbons (Fsp3) is 0.235. The van der Waals surface area contributed by atoms with Gasteiger partial charge in [0.1, 0.15) is 23.0 Å². The highest BCUT2D eigenvalue weighted by Crippen LogP contribution is 2.30. The van der Waals surface area contributed by atoms with Crippen LogP contribution < -0.4 is 0 Å². The van der Waals surface area contributed by atoms with Crippen LogP contribution in [0.4, 0.5) is 0 Å². The van der Waals surface area contributed by atoms with Crippen LogP contribution in [0.3, 0.4) is 0 Å². The molecule has 20 heavy (non-hydrogen) atoms. The van der Waals surface area contributed by atoms with Crippen LogP contribution in [0.25, 0.3) is 12.2 Å². The van der Waals surface area contributed by atoms with Crippen molar-refractivity contribution in [2.75, 3.05) is 0 Å². The number of ketones is 1. The molecule has 1 aliphatic carbocycles. The lowest BCUT2D eigenvalue weighted by molar-refractivity contribution is -0.111. The lowest BCUT2D eigenvalue weighted by Gasteiger charge is -1.94. The van der Waals surface area contributed by atoms with Gasteiger partial charge in [-0.1, -0.05) is 0 Å². The molecule has 1 fully saturated rings. The van der Waals surface area contributed by atoms with E-state index in [1.165, 1.54) is 0 Å². The number of hydrogen-bond donors (Lipinski definition) is 0. The van der Waals surface area contributed by atoms with E-state index < -0.39 is 0 Å². The summed E-state index contributed by atoms with van der Waals surface area (Å²) in [5.41, 5.74) is 1.60. The largest absolute Gasteiger partial charge is 0.462 e. The van der Waals surface area contributed by atoms with Crippen LogP contribution in [0.15, 0.2) is 44.2 Å². The summed E-state index contributed by atoms with van der Waals surface area (Å²) in [7, 11) is 0. The number of hydrogen-bond acceptors (Lipinski definition) is 3. The number of allylic oxidation sites excluding steroid dienone is 2. The standard InChI is InChI=1S/C17H16O3/c1-11-3-7-15(19-11)9-13-5-6-14(17(13)18)10-16-8-4-12(2)20-16/h3-4,7-10H,5-6H2,1-2H3/b13-9-,14-10-. The van der Waals surface area contributed by atoms with Crippen LogP contribution in [0, 0.1) is 13.8 Å². The first-order valence-corrected chi connectivity index (χ1v) is 6.70. The SMILES string of the molecule is Cc1ccc(/C=C2/CC/C(=C/c3ccc(C)o3)C2=O)o1. The van der Waals surface area contributed by atoms with E-state index in [0.717, 1.165) is 47.0 Å². The molecule has 0 atom stereocenters. The van der Waals surface area contributed by atoms with E-state index in [4.69, 9.17) is 8.83 Å². The van der Waals surface area contributed by atoms with Crippen molar-refractivity contribution < 1.29 is 13.6 Å². The van der Waals surface area contributed by atoms with E-state index in [2.05, 4.69) is 0 Å². The molecule has 0 saturated heterocycles. The Bertz CT molecular complexity index is 650. The molecule has 2 aromatic rings. The Morgan fingerprint density at radius 3 is 1.65 bits per heavy atom. The van der Waals surface area contributed by atoms with Gasteiger partial charge in [-0.25, -0.2) is 0 Å². The van der Waals surface area contributed by atoms with Crippen LogP contribution in [-0.2, 0) is 4.79 Å². The molecule has 0 spiro atoms. The van der Waals surface area contributed by atoms with Crippen molar-refractivity contribution in [1.29, 1.82) is 0 Å². The second-order valence-electron chi connectivity index (χ2n) is 5.07. The molecule has 0 bridgehead atoms.